The van der Waals surface area contributed by atoms with Crippen molar-refractivity contribution >= 4 is 0 Å². The second-order valence-corrected chi connectivity index (χ2v) is 6.28. The average molecular weight is 305 g/mol. The van der Waals surface area contributed by atoms with Crippen LogP contribution in [0.3, 0.4) is 0 Å². The van der Waals surface area contributed by atoms with Gasteiger partial charge in [-0.1, -0.05) is 12.1 Å². The third-order valence-corrected chi connectivity index (χ3v) is 4.70. The van der Waals surface area contributed by atoms with Gasteiger partial charge in [0.05, 0.1) is 20.3 Å². The summed E-state index contributed by atoms with van der Waals surface area (Å²) in [5.74, 6) is 2.55. The highest BCUT2D eigenvalue weighted by Crippen LogP contribution is 2.35. The minimum atomic E-state index is 0.247. The van der Waals surface area contributed by atoms with Crippen LogP contribution in [0, 0.1) is 5.92 Å². The highest BCUT2D eigenvalue weighted by Gasteiger charge is 2.22. The highest BCUT2D eigenvalue weighted by molar-refractivity contribution is 5.47. The Bertz CT molecular complexity index is 465. The predicted octanol–water partition coefficient (Wildman–Crippen LogP) is 2.80. The summed E-state index contributed by atoms with van der Waals surface area (Å²) in [5, 5.41) is 3.43. The van der Waals surface area contributed by atoms with E-state index in [1.54, 1.807) is 7.11 Å². The van der Waals surface area contributed by atoms with Gasteiger partial charge >= 0.3 is 0 Å². The third-order valence-electron chi connectivity index (χ3n) is 4.70. The van der Waals surface area contributed by atoms with E-state index in [4.69, 9.17) is 14.2 Å². The molecule has 2 heterocycles. The molecule has 4 nitrogen and oxygen atoms in total. The number of methoxy groups -OCH3 is 1. The molecule has 0 aromatic heterocycles. The van der Waals surface area contributed by atoms with Gasteiger partial charge in [0.25, 0.3) is 0 Å². The van der Waals surface area contributed by atoms with E-state index in [1.807, 2.05) is 6.07 Å². The molecular formula is C18H27NO3. The van der Waals surface area contributed by atoms with Crippen LogP contribution < -0.4 is 14.8 Å². The SMILES string of the molecule is COc1cccc(CC2CCNCC2)c1OC1CCOCC1. The quantitative estimate of drug-likeness (QED) is 0.908. The van der Waals surface area contributed by atoms with Crippen molar-refractivity contribution in [1.82, 2.24) is 5.32 Å². The normalized spacial score (nSPS) is 20.8. The summed E-state index contributed by atoms with van der Waals surface area (Å²) in [5.41, 5.74) is 1.29. The van der Waals surface area contributed by atoms with E-state index in [9.17, 15) is 0 Å². The Morgan fingerprint density at radius 2 is 1.91 bits per heavy atom. The molecule has 3 rings (SSSR count). The highest BCUT2D eigenvalue weighted by atomic mass is 16.5. The van der Waals surface area contributed by atoms with Crippen LogP contribution in [-0.2, 0) is 11.2 Å². The van der Waals surface area contributed by atoms with Gasteiger partial charge in [-0.25, -0.2) is 0 Å². The Hall–Kier alpha value is -1.26. The van der Waals surface area contributed by atoms with E-state index in [1.165, 1.54) is 18.4 Å². The fourth-order valence-electron chi connectivity index (χ4n) is 3.37. The molecule has 0 saturated carbocycles. The second-order valence-electron chi connectivity index (χ2n) is 6.28. The van der Waals surface area contributed by atoms with Crippen LogP contribution >= 0.6 is 0 Å². The maximum atomic E-state index is 6.33. The number of para-hydroxylation sites is 1. The van der Waals surface area contributed by atoms with E-state index in [0.29, 0.717) is 0 Å². The Morgan fingerprint density at radius 1 is 1.14 bits per heavy atom. The van der Waals surface area contributed by atoms with E-state index < -0.39 is 0 Å². The van der Waals surface area contributed by atoms with Crippen molar-refractivity contribution in [2.24, 2.45) is 5.92 Å². The molecule has 2 aliphatic heterocycles. The van der Waals surface area contributed by atoms with Crippen molar-refractivity contribution in [2.45, 2.75) is 38.2 Å². The molecule has 1 aromatic carbocycles. The first kappa shape index (κ1) is 15.6. The minimum absolute atomic E-state index is 0.247. The van der Waals surface area contributed by atoms with Crippen LogP contribution in [0.2, 0.25) is 0 Å². The Morgan fingerprint density at radius 3 is 2.64 bits per heavy atom. The van der Waals surface area contributed by atoms with Crippen LogP contribution in [-0.4, -0.2) is 39.5 Å². The van der Waals surface area contributed by atoms with Gasteiger partial charge < -0.3 is 19.5 Å². The molecule has 0 spiro atoms. The zero-order valence-corrected chi connectivity index (χ0v) is 13.5. The Balaban J connectivity index is 1.75. The minimum Gasteiger partial charge on any atom is -0.493 e. The Labute approximate surface area is 133 Å². The number of benzene rings is 1. The lowest BCUT2D eigenvalue weighted by Gasteiger charge is -2.27. The predicted molar refractivity (Wildman–Crippen MR) is 86.8 cm³/mol. The molecule has 0 radical (unpaired) electrons. The lowest BCUT2D eigenvalue weighted by molar-refractivity contribution is 0.0240. The number of rotatable bonds is 5. The van der Waals surface area contributed by atoms with Gasteiger partial charge in [-0.2, -0.15) is 0 Å². The van der Waals surface area contributed by atoms with Gasteiger partial charge in [0.1, 0.15) is 6.10 Å². The molecule has 1 aromatic rings. The fraction of sp³-hybridized carbons (Fsp3) is 0.667. The van der Waals surface area contributed by atoms with Crippen molar-refractivity contribution in [1.29, 1.82) is 0 Å². The van der Waals surface area contributed by atoms with Gasteiger partial charge in [0.15, 0.2) is 11.5 Å². The summed E-state index contributed by atoms with van der Waals surface area (Å²) in [6.07, 6.45) is 5.74. The van der Waals surface area contributed by atoms with E-state index in [0.717, 1.165) is 63.0 Å². The van der Waals surface area contributed by atoms with Gasteiger partial charge in [0, 0.05) is 12.8 Å². The topological polar surface area (TPSA) is 39.7 Å². The van der Waals surface area contributed by atoms with Gasteiger partial charge in [-0.3, -0.25) is 0 Å². The number of piperidine rings is 1. The molecule has 0 unspecified atom stereocenters. The first-order valence-electron chi connectivity index (χ1n) is 8.48. The first-order valence-corrected chi connectivity index (χ1v) is 8.48. The summed E-state index contributed by atoms with van der Waals surface area (Å²) in [6, 6.07) is 6.27. The summed E-state index contributed by atoms with van der Waals surface area (Å²) in [4.78, 5) is 0. The molecule has 0 amide bonds. The number of nitrogens with one attached hydrogen (secondary N) is 1. The van der Waals surface area contributed by atoms with Gasteiger partial charge in [-0.05, 0) is 49.9 Å². The van der Waals surface area contributed by atoms with Crippen molar-refractivity contribution in [3.05, 3.63) is 23.8 Å². The third kappa shape index (κ3) is 3.93. The first-order chi connectivity index (χ1) is 10.9. The molecule has 0 atom stereocenters. The second kappa shape index (κ2) is 7.84. The van der Waals surface area contributed by atoms with Crippen LogP contribution in [0.1, 0.15) is 31.2 Å². The van der Waals surface area contributed by atoms with Crippen LogP contribution in [0.4, 0.5) is 0 Å². The molecule has 2 fully saturated rings. The maximum Gasteiger partial charge on any atom is 0.164 e. The lowest BCUT2D eigenvalue weighted by Crippen LogP contribution is -2.29. The largest absolute Gasteiger partial charge is 0.493 e. The van der Waals surface area contributed by atoms with E-state index >= 15 is 0 Å². The summed E-state index contributed by atoms with van der Waals surface area (Å²) in [7, 11) is 1.72. The zero-order chi connectivity index (χ0) is 15.2. The molecular weight excluding hydrogens is 278 g/mol. The molecule has 0 bridgehead atoms. The van der Waals surface area contributed by atoms with Gasteiger partial charge in [-0.15, -0.1) is 0 Å². The van der Waals surface area contributed by atoms with E-state index in [2.05, 4.69) is 17.4 Å². The van der Waals surface area contributed by atoms with Crippen molar-refractivity contribution in [3.8, 4) is 11.5 Å². The van der Waals surface area contributed by atoms with Crippen molar-refractivity contribution in [3.63, 3.8) is 0 Å². The fourth-order valence-corrected chi connectivity index (χ4v) is 3.37. The van der Waals surface area contributed by atoms with Crippen LogP contribution in [0.25, 0.3) is 0 Å². The summed E-state index contributed by atoms with van der Waals surface area (Å²) in [6.45, 7) is 3.85. The molecule has 0 aliphatic carbocycles. The standard InChI is InChI=1S/C18H27NO3/c1-20-17-4-2-3-15(13-14-5-9-19-10-6-14)18(17)22-16-7-11-21-12-8-16/h2-4,14,16,19H,5-13H2,1H3. The van der Waals surface area contributed by atoms with Crippen molar-refractivity contribution < 1.29 is 14.2 Å². The average Bonchev–Trinajstić information content (AvgIpc) is 2.58. The van der Waals surface area contributed by atoms with Crippen molar-refractivity contribution in [2.75, 3.05) is 33.4 Å². The maximum absolute atomic E-state index is 6.33. The van der Waals surface area contributed by atoms with Crippen LogP contribution in [0.15, 0.2) is 18.2 Å². The monoisotopic (exact) mass is 305 g/mol. The number of hydrogen-bond acceptors (Lipinski definition) is 4. The number of ether oxygens (including phenoxy) is 3. The molecule has 122 valence electrons. The molecule has 2 saturated heterocycles. The molecule has 1 N–H and O–H groups in total. The van der Waals surface area contributed by atoms with E-state index in [-0.39, 0.29) is 6.10 Å². The summed E-state index contributed by atoms with van der Waals surface area (Å²) < 4.78 is 17.3. The van der Waals surface area contributed by atoms with Crippen LogP contribution in [0.5, 0.6) is 11.5 Å². The summed E-state index contributed by atoms with van der Waals surface area (Å²) >= 11 is 0. The lowest BCUT2D eigenvalue weighted by atomic mass is 9.90. The molecule has 4 heteroatoms. The number of hydrogen-bond donors (Lipinski definition) is 1. The molecule has 2 aliphatic rings. The molecule has 22 heavy (non-hydrogen) atoms. The Kier molecular flexibility index (Phi) is 5.57. The van der Waals surface area contributed by atoms with Gasteiger partial charge in [0.2, 0.25) is 0 Å². The zero-order valence-electron chi connectivity index (χ0n) is 13.5. The smallest absolute Gasteiger partial charge is 0.164 e.